The van der Waals surface area contributed by atoms with Crippen LogP contribution in [0.25, 0.3) is 11.0 Å². The first-order valence-corrected chi connectivity index (χ1v) is 6.66. The summed E-state index contributed by atoms with van der Waals surface area (Å²) < 4.78 is 7.34. The van der Waals surface area contributed by atoms with Crippen molar-refractivity contribution in [2.45, 2.75) is 18.9 Å². The van der Waals surface area contributed by atoms with E-state index in [2.05, 4.69) is 4.98 Å². The van der Waals surface area contributed by atoms with E-state index in [-0.39, 0.29) is 11.9 Å². The zero-order valence-corrected chi connectivity index (χ0v) is 11.7. The molecule has 1 fully saturated rings. The number of hydrogen-bond acceptors (Lipinski definition) is 4. The van der Waals surface area contributed by atoms with Gasteiger partial charge in [-0.3, -0.25) is 4.79 Å². The Balaban J connectivity index is 2.08. The molecule has 1 amide bonds. The van der Waals surface area contributed by atoms with Gasteiger partial charge < -0.3 is 19.9 Å². The summed E-state index contributed by atoms with van der Waals surface area (Å²) in [7, 11) is 3.45. The number of hydrogen-bond donors (Lipinski definition) is 1. The summed E-state index contributed by atoms with van der Waals surface area (Å²) in [5.74, 6) is 1.37. The third-order valence-electron chi connectivity index (χ3n) is 3.90. The van der Waals surface area contributed by atoms with E-state index in [9.17, 15) is 4.79 Å². The fourth-order valence-corrected chi connectivity index (χ4v) is 2.86. The van der Waals surface area contributed by atoms with Gasteiger partial charge in [0.05, 0.1) is 18.7 Å². The lowest BCUT2D eigenvalue weighted by Crippen LogP contribution is -2.38. The predicted molar refractivity (Wildman–Crippen MR) is 76.6 cm³/mol. The Labute approximate surface area is 117 Å². The highest BCUT2D eigenvalue weighted by atomic mass is 16.5. The van der Waals surface area contributed by atoms with E-state index in [1.54, 1.807) is 12.0 Å². The van der Waals surface area contributed by atoms with Crippen LogP contribution in [0.3, 0.4) is 0 Å². The number of imidazole rings is 1. The number of benzene rings is 1. The molecule has 1 aliphatic heterocycles. The minimum absolute atomic E-state index is 0.162. The van der Waals surface area contributed by atoms with Crippen molar-refractivity contribution in [3.8, 4) is 5.75 Å². The number of methoxy groups -OCH3 is 1. The maximum absolute atomic E-state index is 11.6. The molecule has 0 radical (unpaired) electrons. The van der Waals surface area contributed by atoms with Crippen LogP contribution in [0.4, 0.5) is 5.95 Å². The molecule has 1 saturated heterocycles. The number of likely N-dealkylation sites (tertiary alicyclic amines) is 1. The average Bonchev–Trinajstić information content (AvgIpc) is 2.78. The molecule has 106 valence electrons. The van der Waals surface area contributed by atoms with Crippen molar-refractivity contribution in [2.75, 3.05) is 26.4 Å². The zero-order valence-electron chi connectivity index (χ0n) is 11.7. The van der Waals surface area contributed by atoms with Gasteiger partial charge in [-0.25, -0.2) is 4.98 Å². The van der Waals surface area contributed by atoms with E-state index < -0.39 is 0 Å². The fourth-order valence-electron chi connectivity index (χ4n) is 2.86. The van der Waals surface area contributed by atoms with Crippen molar-refractivity contribution in [1.29, 1.82) is 0 Å². The number of amides is 1. The number of carbonyl (C=O) groups excluding carboxylic acids is 1. The van der Waals surface area contributed by atoms with Gasteiger partial charge in [0.1, 0.15) is 11.3 Å². The van der Waals surface area contributed by atoms with E-state index in [4.69, 9.17) is 10.5 Å². The van der Waals surface area contributed by atoms with Gasteiger partial charge in [0.2, 0.25) is 11.9 Å². The third-order valence-corrected chi connectivity index (χ3v) is 3.90. The van der Waals surface area contributed by atoms with Gasteiger partial charge in [-0.05, 0) is 18.6 Å². The Morgan fingerprint density at radius 1 is 1.45 bits per heavy atom. The lowest BCUT2D eigenvalue weighted by atomic mass is 10.1. The third kappa shape index (κ3) is 1.88. The molecule has 1 atom stereocenters. The molecule has 0 bridgehead atoms. The second-order valence-corrected chi connectivity index (χ2v) is 5.13. The number of para-hydroxylation sites is 1. The Morgan fingerprint density at radius 2 is 2.25 bits per heavy atom. The molecule has 1 aromatic heterocycles. The maximum Gasteiger partial charge on any atom is 0.222 e. The zero-order chi connectivity index (χ0) is 14.3. The number of aromatic nitrogens is 2. The van der Waals surface area contributed by atoms with E-state index in [1.165, 1.54) is 0 Å². The van der Waals surface area contributed by atoms with Crippen LogP contribution in [-0.2, 0) is 4.79 Å². The van der Waals surface area contributed by atoms with Crippen molar-refractivity contribution >= 4 is 22.9 Å². The van der Waals surface area contributed by atoms with E-state index in [1.807, 2.05) is 29.8 Å². The Hall–Kier alpha value is -2.24. The molecule has 3 rings (SSSR count). The minimum Gasteiger partial charge on any atom is -0.494 e. The predicted octanol–water partition coefficient (Wildman–Crippen LogP) is 1.42. The molecule has 0 aliphatic carbocycles. The molecule has 1 aromatic carbocycles. The molecule has 2 aromatic rings. The summed E-state index contributed by atoms with van der Waals surface area (Å²) in [4.78, 5) is 17.8. The van der Waals surface area contributed by atoms with Gasteiger partial charge >= 0.3 is 0 Å². The molecule has 0 saturated carbocycles. The second kappa shape index (κ2) is 4.70. The van der Waals surface area contributed by atoms with Crippen molar-refractivity contribution in [1.82, 2.24) is 14.5 Å². The highest BCUT2D eigenvalue weighted by Crippen LogP contribution is 2.32. The van der Waals surface area contributed by atoms with Crippen LogP contribution in [-0.4, -0.2) is 41.1 Å². The van der Waals surface area contributed by atoms with Gasteiger partial charge in [-0.2, -0.15) is 0 Å². The number of anilines is 1. The van der Waals surface area contributed by atoms with Gasteiger partial charge in [-0.15, -0.1) is 0 Å². The Morgan fingerprint density at radius 3 is 2.95 bits per heavy atom. The lowest BCUT2D eigenvalue weighted by Gasteiger charge is -2.31. The smallest absolute Gasteiger partial charge is 0.222 e. The largest absolute Gasteiger partial charge is 0.494 e. The van der Waals surface area contributed by atoms with Crippen LogP contribution in [0.5, 0.6) is 5.75 Å². The number of ether oxygens (including phenoxy) is 1. The summed E-state index contributed by atoms with van der Waals surface area (Å²) in [6, 6.07) is 5.94. The summed E-state index contributed by atoms with van der Waals surface area (Å²) >= 11 is 0. The quantitative estimate of drug-likeness (QED) is 0.899. The molecular formula is C14H18N4O2. The topological polar surface area (TPSA) is 73.4 Å². The highest BCUT2D eigenvalue weighted by molar-refractivity contribution is 5.84. The second-order valence-electron chi connectivity index (χ2n) is 5.13. The molecule has 2 heterocycles. The molecule has 0 spiro atoms. The van der Waals surface area contributed by atoms with Crippen molar-refractivity contribution < 1.29 is 9.53 Å². The summed E-state index contributed by atoms with van der Waals surface area (Å²) in [6.45, 7) is 0.658. The Bertz CT molecular complexity index is 664. The average molecular weight is 274 g/mol. The molecule has 6 heteroatoms. The number of piperidine rings is 1. The monoisotopic (exact) mass is 274 g/mol. The number of fused-ring (bicyclic) bond motifs is 1. The SMILES string of the molecule is COc1cccc2c1nc(N)n2C1CCC(=O)N(C)C1. The van der Waals surface area contributed by atoms with E-state index in [0.717, 1.165) is 17.5 Å². The first-order chi connectivity index (χ1) is 9.61. The van der Waals surface area contributed by atoms with E-state index in [0.29, 0.717) is 24.7 Å². The van der Waals surface area contributed by atoms with E-state index >= 15 is 0 Å². The van der Waals surface area contributed by atoms with Crippen LogP contribution in [0.15, 0.2) is 18.2 Å². The van der Waals surface area contributed by atoms with Crippen molar-refractivity contribution in [2.24, 2.45) is 0 Å². The molecule has 6 nitrogen and oxygen atoms in total. The molecular weight excluding hydrogens is 256 g/mol. The van der Waals surface area contributed by atoms with Gasteiger partial charge in [0.25, 0.3) is 0 Å². The summed E-state index contributed by atoms with van der Waals surface area (Å²) in [5, 5.41) is 0. The van der Waals surface area contributed by atoms with Crippen LogP contribution >= 0.6 is 0 Å². The number of rotatable bonds is 2. The first-order valence-electron chi connectivity index (χ1n) is 6.66. The number of nitrogen functional groups attached to an aromatic ring is 1. The normalized spacial score (nSPS) is 19.6. The highest BCUT2D eigenvalue weighted by Gasteiger charge is 2.27. The van der Waals surface area contributed by atoms with Gasteiger partial charge in [-0.1, -0.05) is 6.07 Å². The van der Waals surface area contributed by atoms with Crippen LogP contribution in [0.2, 0.25) is 0 Å². The van der Waals surface area contributed by atoms with Crippen LogP contribution in [0.1, 0.15) is 18.9 Å². The fraction of sp³-hybridized carbons (Fsp3) is 0.429. The Kier molecular flexibility index (Phi) is 3.00. The minimum atomic E-state index is 0.162. The number of likely N-dealkylation sites (N-methyl/N-ethyl adjacent to an activating group) is 1. The van der Waals surface area contributed by atoms with Crippen molar-refractivity contribution in [3.63, 3.8) is 0 Å². The van der Waals surface area contributed by atoms with Crippen molar-refractivity contribution in [3.05, 3.63) is 18.2 Å². The molecule has 20 heavy (non-hydrogen) atoms. The molecule has 1 aliphatic rings. The number of carbonyl (C=O) groups is 1. The first kappa shape index (κ1) is 12.8. The number of nitrogens with zero attached hydrogens (tertiary/aromatic N) is 3. The number of nitrogens with two attached hydrogens (primary N) is 1. The molecule has 1 unspecified atom stereocenters. The standard InChI is InChI=1S/C14H18N4O2/c1-17-8-9(6-7-12(17)19)18-10-4-3-5-11(20-2)13(10)16-14(18)15/h3-5,9H,6-8H2,1-2H3,(H2,15,16). The lowest BCUT2D eigenvalue weighted by molar-refractivity contribution is -0.132. The van der Waals surface area contributed by atoms with Gasteiger partial charge in [0, 0.05) is 20.0 Å². The summed E-state index contributed by atoms with van der Waals surface area (Å²) in [6.07, 6.45) is 1.33. The summed E-state index contributed by atoms with van der Waals surface area (Å²) in [5.41, 5.74) is 7.80. The molecule has 2 N–H and O–H groups in total. The maximum atomic E-state index is 11.6. The van der Waals surface area contributed by atoms with Crippen LogP contribution in [0, 0.1) is 0 Å². The van der Waals surface area contributed by atoms with Gasteiger partial charge in [0.15, 0.2) is 0 Å². The van der Waals surface area contributed by atoms with Crippen LogP contribution < -0.4 is 10.5 Å².